The van der Waals surface area contributed by atoms with Crippen LogP contribution in [0.1, 0.15) is 15.9 Å². The molecule has 0 saturated heterocycles. The van der Waals surface area contributed by atoms with Crippen molar-refractivity contribution in [3.63, 3.8) is 0 Å². The van der Waals surface area contributed by atoms with Crippen molar-refractivity contribution in [2.45, 2.75) is 23.7 Å². The number of carboxylic acid groups (broad SMARTS) is 2. The standard InChI is InChI=1S/C24H22N6O6S.C2HF3O2/c31-21-12-17(11-18-8-7-16(15-30(18)21)13-28-24-25-9-4-10-26-24)22(32)27-14-20(23(33)34)29-37(35,36)19-5-2-1-3-6-19;3-2(4,5)1(6)7/h1-12,15,20,29H,13-14H2,(H,27,32)(H,33,34)(H,25,26,28);(H,6,7)/t20-;/m0./s1. The minimum Gasteiger partial charge on any atom is -0.480 e. The van der Waals surface area contributed by atoms with Crippen LogP contribution in [0.2, 0.25) is 0 Å². The van der Waals surface area contributed by atoms with E-state index in [-0.39, 0.29) is 10.5 Å². The van der Waals surface area contributed by atoms with Crippen LogP contribution < -0.4 is 20.9 Å². The van der Waals surface area contributed by atoms with Gasteiger partial charge in [-0.05, 0) is 35.9 Å². The maximum absolute atomic E-state index is 12.7. The maximum atomic E-state index is 12.7. The second kappa shape index (κ2) is 14.2. The van der Waals surface area contributed by atoms with Crippen LogP contribution in [0.25, 0.3) is 5.52 Å². The van der Waals surface area contributed by atoms with Crippen molar-refractivity contribution in [2.24, 2.45) is 0 Å². The predicted octanol–water partition coefficient (Wildman–Crippen LogP) is 1.50. The van der Waals surface area contributed by atoms with Gasteiger partial charge in [0.2, 0.25) is 16.0 Å². The summed E-state index contributed by atoms with van der Waals surface area (Å²) < 4.78 is 60.1. The molecule has 3 aromatic heterocycles. The lowest BCUT2D eigenvalue weighted by Crippen LogP contribution is -2.48. The highest BCUT2D eigenvalue weighted by atomic mass is 32.2. The molecule has 0 unspecified atom stereocenters. The average Bonchev–Trinajstić information content (AvgIpc) is 2.98. The zero-order chi connectivity index (χ0) is 32.5. The molecule has 0 fully saturated rings. The molecule has 18 heteroatoms. The highest BCUT2D eigenvalue weighted by Crippen LogP contribution is 2.13. The van der Waals surface area contributed by atoms with Crippen molar-refractivity contribution in [1.29, 1.82) is 0 Å². The van der Waals surface area contributed by atoms with Gasteiger partial charge in [0.1, 0.15) is 6.04 Å². The number of rotatable bonds is 10. The molecule has 0 radical (unpaired) electrons. The van der Waals surface area contributed by atoms with Gasteiger partial charge in [-0.15, -0.1) is 0 Å². The van der Waals surface area contributed by atoms with Gasteiger partial charge >= 0.3 is 18.1 Å². The molecule has 4 aromatic rings. The van der Waals surface area contributed by atoms with Crippen molar-refractivity contribution < 1.29 is 46.2 Å². The fraction of sp³-hybridized carbons (Fsp3) is 0.154. The number of hydrogen-bond donors (Lipinski definition) is 5. The Bertz CT molecular complexity index is 1800. The molecule has 0 saturated carbocycles. The lowest BCUT2D eigenvalue weighted by atomic mass is 10.2. The Morgan fingerprint density at radius 1 is 0.955 bits per heavy atom. The number of halogens is 3. The average molecular weight is 637 g/mol. The first-order valence-corrected chi connectivity index (χ1v) is 13.7. The molecule has 0 spiro atoms. The third-order valence-corrected chi connectivity index (χ3v) is 6.99. The number of nitrogens with zero attached hydrogens (tertiary/aromatic N) is 3. The van der Waals surface area contributed by atoms with E-state index in [0.717, 1.165) is 11.6 Å². The van der Waals surface area contributed by atoms with Crippen LogP contribution in [0, 0.1) is 0 Å². The zero-order valence-electron chi connectivity index (χ0n) is 22.2. The Kier molecular flexibility index (Phi) is 10.7. The van der Waals surface area contributed by atoms with Gasteiger partial charge in [0, 0.05) is 48.8 Å². The third-order valence-electron chi connectivity index (χ3n) is 5.50. The van der Waals surface area contributed by atoms with Crippen LogP contribution in [0.4, 0.5) is 19.1 Å². The van der Waals surface area contributed by atoms with Crippen molar-refractivity contribution in [3.8, 4) is 0 Å². The minimum atomic E-state index is -5.08. The summed E-state index contributed by atoms with van der Waals surface area (Å²) >= 11 is 0. The van der Waals surface area contributed by atoms with E-state index in [0.29, 0.717) is 18.0 Å². The van der Waals surface area contributed by atoms with Crippen molar-refractivity contribution in [1.82, 2.24) is 24.4 Å². The van der Waals surface area contributed by atoms with Gasteiger partial charge in [-0.25, -0.2) is 23.2 Å². The summed E-state index contributed by atoms with van der Waals surface area (Å²) in [5, 5.41) is 22.0. The number of hydrogen-bond acceptors (Lipinski definition) is 9. The first kappa shape index (κ1) is 33.1. The Morgan fingerprint density at radius 3 is 2.18 bits per heavy atom. The molecular weight excluding hydrogens is 613 g/mol. The summed E-state index contributed by atoms with van der Waals surface area (Å²) in [5.74, 6) is -4.52. The van der Waals surface area contributed by atoms with Crippen LogP contribution in [0.15, 0.2) is 88.9 Å². The second-order valence-electron chi connectivity index (χ2n) is 8.68. The summed E-state index contributed by atoms with van der Waals surface area (Å²) in [4.78, 5) is 53.9. The molecule has 0 aliphatic carbocycles. The van der Waals surface area contributed by atoms with Gasteiger partial charge in [0.25, 0.3) is 11.5 Å². The molecule has 232 valence electrons. The van der Waals surface area contributed by atoms with E-state index in [2.05, 4.69) is 25.3 Å². The predicted molar refractivity (Wildman–Crippen MR) is 147 cm³/mol. The minimum absolute atomic E-state index is 0.00335. The van der Waals surface area contributed by atoms with E-state index in [9.17, 15) is 41.1 Å². The highest BCUT2D eigenvalue weighted by molar-refractivity contribution is 7.89. The van der Waals surface area contributed by atoms with Crippen molar-refractivity contribution >= 4 is 39.3 Å². The maximum Gasteiger partial charge on any atom is 0.490 e. The number of carbonyl (C=O) groups is 3. The van der Waals surface area contributed by atoms with Gasteiger partial charge in [-0.2, -0.15) is 17.9 Å². The van der Waals surface area contributed by atoms with Crippen LogP contribution in [-0.2, 0) is 26.2 Å². The molecule has 3 heterocycles. The molecule has 4 rings (SSSR count). The number of anilines is 1. The van der Waals surface area contributed by atoms with E-state index in [4.69, 9.17) is 9.90 Å². The topological polar surface area (TPSA) is 209 Å². The number of carboxylic acids is 2. The largest absolute Gasteiger partial charge is 0.490 e. The van der Waals surface area contributed by atoms with E-state index in [1.165, 1.54) is 34.7 Å². The van der Waals surface area contributed by atoms with Gasteiger partial charge in [0.15, 0.2) is 0 Å². The van der Waals surface area contributed by atoms with Crippen LogP contribution in [0.5, 0.6) is 0 Å². The lowest BCUT2D eigenvalue weighted by molar-refractivity contribution is -0.192. The van der Waals surface area contributed by atoms with E-state index in [1.807, 2.05) is 0 Å². The fourth-order valence-corrected chi connectivity index (χ4v) is 4.62. The monoisotopic (exact) mass is 636 g/mol. The smallest absolute Gasteiger partial charge is 0.480 e. The van der Waals surface area contributed by atoms with Gasteiger partial charge in [0.05, 0.1) is 4.90 Å². The molecule has 0 aliphatic rings. The van der Waals surface area contributed by atoms with Gasteiger partial charge < -0.3 is 20.8 Å². The van der Waals surface area contributed by atoms with E-state index < -0.39 is 52.2 Å². The van der Waals surface area contributed by atoms with Crippen LogP contribution in [0.3, 0.4) is 0 Å². The molecule has 1 amide bonds. The first-order chi connectivity index (χ1) is 20.7. The number of aromatic nitrogens is 3. The number of benzene rings is 1. The molecule has 14 nitrogen and oxygen atoms in total. The van der Waals surface area contributed by atoms with E-state index >= 15 is 0 Å². The second-order valence-corrected chi connectivity index (χ2v) is 10.4. The molecule has 0 aliphatic heterocycles. The number of pyridine rings is 2. The Balaban J connectivity index is 0.000000676. The number of amides is 1. The van der Waals surface area contributed by atoms with Crippen LogP contribution in [-0.4, -0.2) is 69.6 Å². The summed E-state index contributed by atoms with van der Waals surface area (Å²) in [6.07, 6.45) is -0.262. The Labute approximate surface area is 246 Å². The highest BCUT2D eigenvalue weighted by Gasteiger charge is 2.38. The number of aliphatic carboxylic acids is 2. The summed E-state index contributed by atoms with van der Waals surface area (Å²) in [5.41, 5.74) is 0.745. The zero-order valence-corrected chi connectivity index (χ0v) is 23.0. The summed E-state index contributed by atoms with van der Waals surface area (Å²) in [7, 11) is -4.13. The Hall–Kier alpha value is -5.36. The van der Waals surface area contributed by atoms with Crippen LogP contribution >= 0.6 is 0 Å². The molecule has 44 heavy (non-hydrogen) atoms. The summed E-state index contributed by atoms with van der Waals surface area (Å²) in [6.45, 7) is -0.171. The molecular formula is C26H23F3N6O8S. The van der Waals surface area contributed by atoms with E-state index in [1.54, 1.807) is 42.9 Å². The van der Waals surface area contributed by atoms with Crippen molar-refractivity contribution in [2.75, 3.05) is 11.9 Å². The lowest BCUT2D eigenvalue weighted by Gasteiger charge is -2.16. The normalized spacial score (nSPS) is 12.0. The number of nitrogens with one attached hydrogen (secondary N) is 3. The first-order valence-electron chi connectivity index (χ1n) is 12.2. The van der Waals surface area contributed by atoms with Crippen molar-refractivity contribution in [3.05, 3.63) is 101 Å². The Morgan fingerprint density at radius 2 is 1.59 bits per heavy atom. The number of alkyl halides is 3. The SMILES string of the molecule is O=C(NC[C@H](NS(=O)(=O)c1ccccc1)C(=O)O)c1cc(=O)n2cc(CNc3ncccn3)ccc2c1.O=C(O)C(F)(F)F. The summed E-state index contributed by atoms with van der Waals surface area (Å²) in [6, 6.07) is 13.3. The third kappa shape index (κ3) is 9.33. The number of sulfonamides is 1. The number of fused-ring (bicyclic) bond motifs is 1. The number of carbonyl (C=O) groups excluding carboxylic acids is 1. The molecule has 5 N–H and O–H groups in total. The quantitative estimate of drug-likeness (QED) is 0.168. The van der Waals surface area contributed by atoms with Gasteiger partial charge in [-0.1, -0.05) is 24.3 Å². The molecule has 0 bridgehead atoms. The van der Waals surface area contributed by atoms with Gasteiger partial charge in [-0.3, -0.25) is 18.8 Å². The molecule has 1 aromatic carbocycles. The fourth-order valence-electron chi connectivity index (χ4n) is 3.41. The molecule has 1 atom stereocenters.